The number of ether oxygens (including phenoxy) is 1. The van der Waals surface area contributed by atoms with E-state index in [1.165, 1.54) is 0 Å². The molecule has 2 fully saturated rings. The normalized spacial score (nSPS) is 20.0. The van der Waals surface area contributed by atoms with Crippen molar-refractivity contribution in [2.24, 2.45) is 5.92 Å². The highest BCUT2D eigenvalue weighted by molar-refractivity contribution is 5.93. The molecule has 2 aliphatic rings. The van der Waals surface area contributed by atoms with Crippen LogP contribution in [0.5, 0.6) is 0 Å². The van der Waals surface area contributed by atoms with Crippen LogP contribution in [0.15, 0.2) is 12.3 Å². The lowest BCUT2D eigenvalue weighted by Crippen LogP contribution is -2.64. The molecule has 0 bridgehead atoms. The van der Waals surface area contributed by atoms with Gasteiger partial charge in [-0.05, 0) is 31.7 Å². The first-order valence-corrected chi connectivity index (χ1v) is 9.24. The van der Waals surface area contributed by atoms with Crippen molar-refractivity contribution in [2.75, 3.05) is 32.8 Å². The molecular weight excluding hydrogens is 304 g/mol. The van der Waals surface area contributed by atoms with Gasteiger partial charge in [-0.1, -0.05) is 13.8 Å². The molecule has 0 saturated carbocycles. The lowest BCUT2D eigenvalue weighted by atomic mass is 9.98. The van der Waals surface area contributed by atoms with Crippen molar-refractivity contribution in [1.82, 2.24) is 19.6 Å². The first-order valence-electron chi connectivity index (χ1n) is 9.24. The Hall–Kier alpha value is -1.40. The molecule has 1 aromatic heterocycles. The Balaban J connectivity index is 1.61. The van der Waals surface area contributed by atoms with Crippen molar-refractivity contribution >= 4 is 5.91 Å². The monoisotopic (exact) mass is 334 g/mol. The molecule has 0 radical (unpaired) electrons. The second kappa shape index (κ2) is 7.66. The van der Waals surface area contributed by atoms with E-state index in [-0.39, 0.29) is 5.91 Å². The van der Waals surface area contributed by atoms with Crippen molar-refractivity contribution in [2.45, 2.75) is 52.2 Å². The second-order valence-electron chi connectivity index (χ2n) is 7.33. The Labute approximate surface area is 144 Å². The maximum Gasteiger partial charge on any atom is 0.272 e. The Morgan fingerprint density at radius 1 is 1.33 bits per heavy atom. The molecule has 0 unspecified atom stereocenters. The van der Waals surface area contributed by atoms with E-state index >= 15 is 0 Å². The van der Waals surface area contributed by atoms with E-state index in [9.17, 15) is 4.79 Å². The van der Waals surface area contributed by atoms with E-state index in [1.807, 2.05) is 17.9 Å². The zero-order valence-corrected chi connectivity index (χ0v) is 15.1. The van der Waals surface area contributed by atoms with Crippen LogP contribution < -0.4 is 0 Å². The van der Waals surface area contributed by atoms with Gasteiger partial charge in [0.2, 0.25) is 0 Å². The van der Waals surface area contributed by atoms with Gasteiger partial charge in [0, 0.05) is 57.7 Å². The first-order chi connectivity index (χ1) is 11.6. The Kier molecular flexibility index (Phi) is 5.56. The minimum Gasteiger partial charge on any atom is -0.381 e. The van der Waals surface area contributed by atoms with Gasteiger partial charge < -0.3 is 9.64 Å². The van der Waals surface area contributed by atoms with Crippen LogP contribution >= 0.6 is 0 Å². The summed E-state index contributed by atoms with van der Waals surface area (Å²) < 4.78 is 7.30. The summed E-state index contributed by atoms with van der Waals surface area (Å²) in [7, 11) is 0. The summed E-state index contributed by atoms with van der Waals surface area (Å²) in [5, 5.41) is 4.21. The van der Waals surface area contributed by atoms with Crippen LogP contribution in [0.1, 0.15) is 44.1 Å². The lowest BCUT2D eigenvalue weighted by molar-refractivity contribution is -0.0296. The number of nitrogens with zero attached hydrogens (tertiary/aromatic N) is 4. The number of amides is 1. The third-order valence-electron chi connectivity index (χ3n) is 5.09. The molecular formula is C18H30N4O2. The summed E-state index contributed by atoms with van der Waals surface area (Å²) >= 11 is 0. The van der Waals surface area contributed by atoms with Gasteiger partial charge in [-0.3, -0.25) is 14.4 Å². The Morgan fingerprint density at radius 2 is 2.04 bits per heavy atom. The van der Waals surface area contributed by atoms with Crippen molar-refractivity contribution in [1.29, 1.82) is 0 Å². The Bertz CT molecular complexity index is 545. The summed E-state index contributed by atoms with van der Waals surface area (Å²) in [4.78, 5) is 17.3. The third kappa shape index (κ3) is 3.64. The van der Waals surface area contributed by atoms with Crippen LogP contribution in [0, 0.1) is 5.92 Å². The molecule has 24 heavy (non-hydrogen) atoms. The molecule has 0 aromatic carbocycles. The zero-order valence-electron chi connectivity index (χ0n) is 15.1. The van der Waals surface area contributed by atoms with Gasteiger partial charge >= 0.3 is 0 Å². The predicted molar refractivity (Wildman–Crippen MR) is 93.0 cm³/mol. The molecule has 2 saturated heterocycles. The Morgan fingerprint density at radius 3 is 2.67 bits per heavy atom. The van der Waals surface area contributed by atoms with Crippen LogP contribution in [0.3, 0.4) is 0 Å². The fraction of sp³-hybridized carbons (Fsp3) is 0.778. The minimum absolute atomic E-state index is 0.113. The standard InChI is InChI=1S/C18H30N4O2/c1-4-22-17(5-8-19-22)18(23)20-12-16(13-20)21(11-14(2)3)15-6-9-24-10-7-15/h5,8,14-16H,4,6-7,9-13H2,1-3H3. The number of aryl methyl sites for hydroxylation is 1. The number of hydrogen-bond acceptors (Lipinski definition) is 4. The number of hydrogen-bond donors (Lipinski definition) is 0. The maximum atomic E-state index is 12.7. The summed E-state index contributed by atoms with van der Waals surface area (Å²) in [6.45, 7) is 11.8. The minimum atomic E-state index is 0.113. The van der Waals surface area contributed by atoms with Crippen LogP contribution in [0.4, 0.5) is 0 Å². The van der Waals surface area contributed by atoms with Crippen LogP contribution in [-0.2, 0) is 11.3 Å². The van der Waals surface area contributed by atoms with Crippen molar-refractivity contribution in [3.8, 4) is 0 Å². The number of carbonyl (C=O) groups excluding carboxylic acids is 1. The summed E-state index contributed by atoms with van der Waals surface area (Å²) in [5.74, 6) is 0.751. The molecule has 0 N–H and O–H groups in total. The lowest BCUT2D eigenvalue weighted by Gasteiger charge is -2.49. The molecule has 6 heteroatoms. The SMILES string of the molecule is CCn1nccc1C(=O)N1CC(N(CC(C)C)C2CCOCC2)C1. The van der Waals surface area contributed by atoms with E-state index in [0.29, 0.717) is 23.7 Å². The topological polar surface area (TPSA) is 50.6 Å². The molecule has 0 aliphatic carbocycles. The van der Waals surface area contributed by atoms with Crippen LogP contribution in [0.2, 0.25) is 0 Å². The summed E-state index contributed by atoms with van der Waals surface area (Å²) in [5.41, 5.74) is 0.706. The average molecular weight is 334 g/mol. The van der Waals surface area contributed by atoms with Gasteiger partial charge in [-0.2, -0.15) is 5.10 Å². The molecule has 2 aliphatic heterocycles. The van der Waals surface area contributed by atoms with Gasteiger partial charge in [0.1, 0.15) is 5.69 Å². The van der Waals surface area contributed by atoms with E-state index < -0.39 is 0 Å². The fourth-order valence-corrected chi connectivity index (χ4v) is 3.79. The summed E-state index contributed by atoms with van der Waals surface area (Å²) in [6, 6.07) is 2.91. The van der Waals surface area contributed by atoms with Gasteiger partial charge in [0.15, 0.2) is 0 Å². The van der Waals surface area contributed by atoms with E-state index in [4.69, 9.17) is 4.74 Å². The molecule has 3 heterocycles. The van der Waals surface area contributed by atoms with Crippen molar-refractivity contribution < 1.29 is 9.53 Å². The predicted octanol–water partition coefficient (Wildman–Crippen LogP) is 1.86. The van der Waals surface area contributed by atoms with Gasteiger partial charge in [-0.15, -0.1) is 0 Å². The van der Waals surface area contributed by atoms with Crippen molar-refractivity contribution in [3.05, 3.63) is 18.0 Å². The molecule has 0 atom stereocenters. The van der Waals surface area contributed by atoms with Gasteiger partial charge in [0.25, 0.3) is 5.91 Å². The molecule has 6 nitrogen and oxygen atoms in total. The number of rotatable bonds is 6. The number of likely N-dealkylation sites (tertiary alicyclic amines) is 1. The number of aromatic nitrogens is 2. The molecule has 0 spiro atoms. The van der Waals surface area contributed by atoms with Crippen LogP contribution in [-0.4, -0.2) is 70.4 Å². The third-order valence-corrected chi connectivity index (χ3v) is 5.09. The highest BCUT2D eigenvalue weighted by atomic mass is 16.5. The first kappa shape index (κ1) is 17.4. The molecule has 1 aromatic rings. The highest BCUT2D eigenvalue weighted by Crippen LogP contribution is 2.25. The average Bonchev–Trinajstić information content (AvgIpc) is 3.01. The van der Waals surface area contributed by atoms with Crippen LogP contribution in [0.25, 0.3) is 0 Å². The largest absolute Gasteiger partial charge is 0.381 e. The molecule has 1 amide bonds. The molecule has 134 valence electrons. The second-order valence-corrected chi connectivity index (χ2v) is 7.33. The highest BCUT2D eigenvalue weighted by Gasteiger charge is 2.39. The smallest absolute Gasteiger partial charge is 0.272 e. The number of carbonyl (C=O) groups is 1. The van der Waals surface area contributed by atoms with Crippen molar-refractivity contribution in [3.63, 3.8) is 0 Å². The molecule has 3 rings (SSSR count). The quantitative estimate of drug-likeness (QED) is 0.797. The van der Waals surface area contributed by atoms with Gasteiger partial charge in [-0.25, -0.2) is 0 Å². The van der Waals surface area contributed by atoms with E-state index in [0.717, 1.165) is 52.2 Å². The van der Waals surface area contributed by atoms with Gasteiger partial charge in [0.05, 0.1) is 0 Å². The fourth-order valence-electron chi connectivity index (χ4n) is 3.79. The summed E-state index contributed by atoms with van der Waals surface area (Å²) in [6.07, 6.45) is 3.93. The van der Waals surface area contributed by atoms with E-state index in [1.54, 1.807) is 10.9 Å². The maximum absolute atomic E-state index is 12.7. The zero-order chi connectivity index (χ0) is 17.1. The van der Waals surface area contributed by atoms with E-state index in [2.05, 4.69) is 23.8 Å².